The minimum absolute atomic E-state index is 0. The first-order valence-corrected chi connectivity index (χ1v) is 1.00. The predicted octanol–water partition coefficient (Wildman–Crippen LogP) is 1.41. The van der Waals surface area contributed by atoms with E-state index in [0.29, 0.717) is 0 Å². The molecule has 0 aromatic carbocycles. The van der Waals surface area contributed by atoms with Crippen LogP contribution in [0.2, 0.25) is 0 Å². The summed E-state index contributed by atoms with van der Waals surface area (Å²) in [6.07, 6.45) is 2.56. The van der Waals surface area contributed by atoms with Gasteiger partial charge in [0, 0.05) is 0 Å². The Morgan fingerprint density at radius 1 is 1.00 bits per heavy atom. The molecule has 0 nitrogen and oxygen atoms in total. The molecule has 1 heteroatoms. The molecule has 0 heterocycles. The molecule has 0 saturated heterocycles. The van der Waals surface area contributed by atoms with E-state index in [1.54, 1.807) is 0 Å². The van der Waals surface area contributed by atoms with Crippen molar-refractivity contribution in [3.63, 3.8) is 0 Å². The summed E-state index contributed by atoms with van der Waals surface area (Å²) in [7, 11) is 0. The zero-order chi connectivity index (χ0) is 3.41. The molecule has 0 aromatic rings. The Morgan fingerprint density at radius 2 is 1.17 bits per heavy atom. The molecular formula is C5H7Ir. The quantitative estimate of drug-likeness (QED) is 0.493. The molecule has 0 aliphatic heterocycles. The maximum Gasteiger partial charge on any atom is 3.00 e. The molecule has 0 rings (SSSR count). The van der Waals surface area contributed by atoms with Crippen molar-refractivity contribution in [2.24, 2.45) is 0 Å². The van der Waals surface area contributed by atoms with Crippen LogP contribution in [0.3, 0.4) is 0 Å². The van der Waals surface area contributed by atoms with Gasteiger partial charge in [0.2, 0.25) is 0 Å². The van der Waals surface area contributed by atoms with E-state index in [4.69, 9.17) is 13.2 Å². The minimum Gasteiger partial charge on any atom is -0.394 e. The van der Waals surface area contributed by atoms with Crippen molar-refractivity contribution in [1.29, 1.82) is 0 Å². The van der Waals surface area contributed by atoms with Crippen LogP contribution in [0, 0.1) is 20.6 Å². The molecule has 0 N–H and O–H groups in total. The van der Waals surface area contributed by atoms with Crippen molar-refractivity contribution < 1.29 is 20.1 Å². The van der Waals surface area contributed by atoms with Gasteiger partial charge in [-0.1, -0.05) is 0 Å². The fraction of sp³-hybridized carbons (Fsp3) is 0. The van der Waals surface area contributed by atoms with Crippen molar-refractivity contribution in [1.82, 2.24) is 0 Å². The molecule has 6 heavy (non-hydrogen) atoms. The summed E-state index contributed by atoms with van der Waals surface area (Å²) in [4.78, 5) is 0. The summed E-state index contributed by atoms with van der Waals surface area (Å²) in [5.41, 5.74) is 0. The van der Waals surface area contributed by atoms with Crippen LogP contribution in [0.25, 0.3) is 0 Å². The first-order valence-electron chi connectivity index (χ1n) is 1.00. The third-order valence-corrected chi connectivity index (χ3v) is 0.111. The van der Waals surface area contributed by atoms with Crippen LogP contribution in [-0.4, -0.2) is 0 Å². The van der Waals surface area contributed by atoms with Crippen molar-refractivity contribution >= 4 is 0 Å². The van der Waals surface area contributed by atoms with E-state index in [1.807, 2.05) is 0 Å². The van der Waals surface area contributed by atoms with Crippen LogP contribution < -0.4 is 0 Å². The molecule has 36 valence electrons. The van der Waals surface area contributed by atoms with E-state index in [0.717, 1.165) is 0 Å². The smallest absolute Gasteiger partial charge is 0.394 e. The van der Waals surface area contributed by atoms with Crippen molar-refractivity contribution in [2.45, 2.75) is 0 Å². The monoisotopic (exact) mass is 260 g/mol. The van der Waals surface area contributed by atoms with Gasteiger partial charge >= 0.3 is 20.1 Å². The van der Waals surface area contributed by atoms with Gasteiger partial charge in [0.1, 0.15) is 0 Å². The normalized spacial score (nSPS) is 3.33. The van der Waals surface area contributed by atoms with E-state index in [1.165, 1.54) is 12.2 Å². The number of hydrogen-bond acceptors (Lipinski definition) is 0. The van der Waals surface area contributed by atoms with Gasteiger partial charge in [-0.25, -0.2) is 0 Å². The fourth-order valence-electron chi connectivity index (χ4n) is 0. The van der Waals surface area contributed by atoms with Crippen molar-refractivity contribution in [3.05, 3.63) is 32.7 Å². The Hall–Kier alpha value is 0.129. The molecule has 0 fully saturated rings. The molecule has 0 unspecified atom stereocenters. The van der Waals surface area contributed by atoms with E-state index < -0.39 is 0 Å². The molecule has 0 aliphatic carbocycles. The third-order valence-electron chi connectivity index (χ3n) is 0.111. The maximum atomic E-state index is 4.72. The predicted molar refractivity (Wildman–Crippen MR) is 24.2 cm³/mol. The summed E-state index contributed by atoms with van der Waals surface area (Å²) in [6.45, 7) is 9.44. The van der Waals surface area contributed by atoms with E-state index in [2.05, 4.69) is 0 Å². The number of rotatable bonds is 1. The Morgan fingerprint density at radius 3 is 1.17 bits per heavy atom. The van der Waals surface area contributed by atoms with Crippen LogP contribution >= 0.6 is 0 Å². The zero-order valence-corrected chi connectivity index (χ0v) is 6.04. The topological polar surface area (TPSA) is 0 Å². The van der Waals surface area contributed by atoms with E-state index >= 15 is 0 Å². The third kappa shape index (κ3) is 31.7. The zero-order valence-electron chi connectivity index (χ0n) is 3.64. The molecule has 0 bridgehead atoms. The summed E-state index contributed by atoms with van der Waals surface area (Å²) >= 11 is 0. The average Bonchev–Trinajstić information content (AvgIpc) is 1.37. The maximum absolute atomic E-state index is 4.72. The second kappa shape index (κ2) is 19.3. The largest absolute Gasteiger partial charge is 3.00 e. The summed E-state index contributed by atoms with van der Waals surface area (Å²) in [5, 5.41) is 0. The van der Waals surface area contributed by atoms with Crippen LogP contribution in [0.1, 0.15) is 0 Å². The average molecular weight is 259 g/mol. The molecule has 0 saturated carbocycles. The van der Waals surface area contributed by atoms with Gasteiger partial charge in [0.25, 0.3) is 0 Å². The van der Waals surface area contributed by atoms with Gasteiger partial charge < -0.3 is 32.7 Å². The molecule has 0 atom stereocenters. The molecule has 0 aliphatic rings. The van der Waals surface area contributed by atoms with E-state index in [-0.39, 0.29) is 27.5 Å². The molecule has 0 spiro atoms. The van der Waals surface area contributed by atoms with Crippen LogP contribution in [0.5, 0.6) is 0 Å². The van der Waals surface area contributed by atoms with Gasteiger partial charge in [-0.05, 0) is 0 Å². The Labute approximate surface area is 53.3 Å². The molecule has 0 aromatic heterocycles. The Kier molecular flexibility index (Phi) is 52.9. The number of allylic oxidation sites excluding steroid dienone is 2. The second-order valence-electron chi connectivity index (χ2n) is 0.385. The summed E-state index contributed by atoms with van der Waals surface area (Å²) in [6, 6.07) is 0. The van der Waals surface area contributed by atoms with Crippen LogP contribution in [-0.2, 0) is 20.1 Å². The second-order valence-corrected chi connectivity index (χ2v) is 0.385. The first-order chi connectivity index (χ1) is 1.91. The van der Waals surface area contributed by atoms with Gasteiger partial charge in [-0.3, -0.25) is 0 Å². The SMILES string of the molecule is [CH-]=CC=[CH-].[CH3-].[Ir+3]. The Balaban J connectivity index is -0.0000000450. The number of hydrogen-bond donors (Lipinski definition) is 0. The van der Waals surface area contributed by atoms with Crippen molar-refractivity contribution in [3.8, 4) is 0 Å². The molecule has 0 radical (unpaired) electrons. The van der Waals surface area contributed by atoms with Gasteiger partial charge in [0.05, 0.1) is 0 Å². The van der Waals surface area contributed by atoms with Gasteiger partial charge in [-0.2, -0.15) is 0 Å². The summed E-state index contributed by atoms with van der Waals surface area (Å²) < 4.78 is 0. The molecular weight excluding hydrogens is 252 g/mol. The Bertz CT molecular complexity index is 24.9. The van der Waals surface area contributed by atoms with Crippen LogP contribution in [0.15, 0.2) is 12.2 Å². The standard InChI is InChI=1S/C4H4.CH3.Ir/c1-3-4-2;;/h1-4H;1H3;/q-2;-1;+3. The van der Waals surface area contributed by atoms with Crippen LogP contribution in [0.4, 0.5) is 0 Å². The minimum atomic E-state index is 0. The van der Waals surface area contributed by atoms with E-state index in [9.17, 15) is 0 Å². The van der Waals surface area contributed by atoms with Gasteiger partial charge in [-0.15, -0.1) is 0 Å². The fourth-order valence-corrected chi connectivity index (χ4v) is 0. The van der Waals surface area contributed by atoms with Crippen molar-refractivity contribution in [2.75, 3.05) is 0 Å². The molecule has 0 amide bonds. The first kappa shape index (κ1) is 16.5. The van der Waals surface area contributed by atoms with Gasteiger partial charge in [0.15, 0.2) is 0 Å². The summed E-state index contributed by atoms with van der Waals surface area (Å²) in [5.74, 6) is 0.